The summed E-state index contributed by atoms with van der Waals surface area (Å²) in [6.45, 7) is 6.15. The first-order chi connectivity index (χ1) is 20.7. The van der Waals surface area contributed by atoms with E-state index >= 15 is 0 Å². The SMILES string of the molecule is COc1ccc(COC(=O)[C@@H](Cc2ccc(OC(C)(C)C)cc2)NC(=O)OCC2c3ccccc3-c3ccccc32)cc1. The molecule has 1 N–H and O–H groups in total. The first-order valence-electron chi connectivity index (χ1n) is 14.4. The molecule has 1 atom stereocenters. The molecule has 0 heterocycles. The summed E-state index contributed by atoms with van der Waals surface area (Å²) >= 11 is 0. The van der Waals surface area contributed by atoms with Crippen LogP contribution in [0.3, 0.4) is 0 Å². The molecule has 0 unspecified atom stereocenters. The topological polar surface area (TPSA) is 83.1 Å². The van der Waals surface area contributed by atoms with Gasteiger partial charge in [0.25, 0.3) is 0 Å². The van der Waals surface area contributed by atoms with E-state index in [1.165, 1.54) is 0 Å². The fourth-order valence-electron chi connectivity index (χ4n) is 5.24. The number of benzene rings is 4. The summed E-state index contributed by atoms with van der Waals surface area (Å²) in [7, 11) is 1.59. The number of fused-ring (bicyclic) bond motifs is 3. The molecule has 7 nitrogen and oxygen atoms in total. The summed E-state index contributed by atoms with van der Waals surface area (Å²) in [5, 5.41) is 2.76. The molecule has 0 saturated carbocycles. The predicted octanol–water partition coefficient (Wildman–Crippen LogP) is 7.07. The quantitative estimate of drug-likeness (QED) is 0.203. The highest BCUT2D eigenvalue weighted by Crippen LogP contribution is 2.44. The van der Waals surface area contributed by atoms with Crippen molar-refractivity contribution in [2.24, 2.45) is 0 Å². The molecule has 0 saturated heterocycles. The van der Waals surface area contributed by atoms with Gasteiger partial charge in [0.1, 0.15) is 36.4 Å². The van der Waals surface area contributed by atoms with Crippen LogP contribution in [0.5, 0.6) is 11.5 Å². The number of amides is 1. The van der Waals surface area contributed by atoms with Crippen LogP contribution in [0, 0.1) is 0 Å². The predicted molar refractivity (Wildman–Crippen MR) is 165 cm³/mol. The summed E-state index contributed by atoms with van der Waals surface area (Å²) in [5.74, 6) is 0.788. The van der Waals surface area contributed by atoms with Crippen LogP contribution in [0.2, 0.25) is 0 Å². The molecule has 4 aromatic rings. The number of alkyl carbamates (subject to hydrolysis) is 1. The van der Waals surface area contributed by atoms with Gasteiger partial charge >= 0.3 is 12.1 Å². The van der Waals surface area contributed by atoms with E-state index < -0.39 is 18.1 Å². The van der Waals surface area contributed by atoms with Crippen molar-refractivity contribution in [1.82, 2.24) is 5.32 Å². The molecule has 1 aliphatic carbocycles. The van der Waals surface area contributed by atoms with E-state index in [4.69, 9.17) is 18.9 Å². The molecule has 0 radical (unpaired) electrons. The van der Waals surface area contributed by atoms with Gasteiger partial charge < -0.3 is 24.3 Å². The van der Waals surface area contributed by atoms with Gasteiger partial charge in [-0.2, -0.15) is 0 Å². The molecule has 0 spiro atoms. The Morgan fingerprint density at radius 3 is 1.88 bits per heavy atom. The number of nitrogens with one attached hydrogen (secondary N) is 1. The Kier molecular flexibility index (Phi) is 9.00. The molecule has 0 aromatic heterocycles. The number of rotatable bonds is 10. The molecule has 1 aliphatic rings. The van der Waals surface area contributed by atoms with Gasteiger partial charge in [0, 0.05) is 12.3 Å². The standard InChI is InChI=1S/C36H37NO6/c1-36(2,3)43-27-19-13-24(14-20-27)21-33(34(38)41-22-25-15-17-26(40-4)18-16-25)37-35(39)42-23-32-30-11-7-5-9-28(30)29-10-6-8-12-31(29)32/h5-20,32-33H,21-23H2,1-4H3,(H,37,39)/t33-/m1/s1. The Hall–Kier alpha value is -4.78. The van der Waals surface area contributed by atoms with Crippen molar-refractivity contribution in [3.63, 3.8) is 0 Å². The van der Waals surface area contributed by atoms with E-state index in [0.29, 0.717) is 5.75 Å². The van der Waals surface area contributed by atoms with E-state index in [1.54, 1.807) is 19.2 Å². The molecule has 0 fully saturated rings. The van der Waals surface area contributed by atoms with Crippen molar-refractivity contribution in [2.75, 3.05) is 13.7 Å². The smallest absolute Gasteiger partial charge is 0.407 e. The van der Waals surface area contributed by atoms with Gasteiger partial charge in [-0.1, -0.05) is 72.8 Å². The molecular weight excluding hydrogens is 542 g/mol. The third-order valence-corrected chi connectivity index (χ3v) is 7.25. The summed E-state index contributed by atoms with van der Waals surface area (Å²) in [4.78, 5) is 26.4. The van der Waals surface area contributed by atoms with Crippen LogP contribution >= 0.6 is 0 Å². The van der Waals surface area contributed by atoms with Crippen LogP contribution in [0.25, 0.3) is 11.1 Å². The van der Waals surface area contributed by atoms with Gasteiger partial charge in [-0.25, -0.2) is 9.59 Å². The summed E-state index contributed by atoms with van der Waals surface area (Å²) in [6.07, 6.45) is -0.456. The van der Waals surface area contributed by atoms with Crippen LogP contribution in [0.15, 0.2) is 97.1 Å². The first-order valence-corrected chi connectivity index (χ1v) is 14.4. The largest absolute Gasteiger partial charge is 0.497 e. The highest BCUT2D eigenvalue weighted by atomic mass is 16.6. The lowest BCUT2D eigenvalue weighted by Gasteiger charge is -2.22. The third-order valence-electron chi connectivity index (χ3n) is 7.25. The maximum Gasteiger partial charge on any atom is 0.407 e. The van der Waals surface area contributed by atoms with Crippen LogP contribution in [0.1, 0.15) is 48.9 Å². The number of carbonyl (C=O) groups is 2. The minimum atomic E-state index is -0.955. The monoisotopic (exact) mass is 579 g/mol. The number of carbonyl (C=O) groups excluding carboxylic acids is 2. The summed E-state index contributed by atoms with van der Waals surface area (Å²) < 4.78 is 22.5. The van der Waals surface area contributed by atoms with Gasteiger partial charge in [0.05, 0.1) is 7.11 Å². The van der Waals surface area contributed by atoms with Crippen LogP contribution in [-0.4, -0.2) is 37.4 Å². The fourth-order valence-corrected chi connectivity index (χ4v) is 5.24. The molecule has 43 heavy (non-hydrogen) atoms. The van der Waals surface area contributed by atoms with E-state index in [1.807, 2.05) is 81.4 Å². The normalized spacial score (nSPS) is 12.9. The molecule has 7 heteroatoms. The van der Waals surface area contributed by atoms with E-state index in [2.05, 4.69) is 29.6 Å². The second-order valence-corrected chi connectivity index (χ2v) is 11.5. The van der Waals surface area contributed by atoms with E-state index in [9.17, 15) is 9.59 Å². The molecule has 4 aromatic carbocycles. The lowest BCUT2D eigenvalue weighted by Crippen LogP contribution is -2.43. The van der Waals surface area contributed by atoms with Gasteiger partial charge in [-0.15, -0.1) is 0 Å². The Morgan fingerprint density at radius 1 is 0.744 bits per heavy atom. The number of methoxy groups -OCH3 is 1. The van der Waals surface area contributed by atoms with Crippen LogP contribution in [-0.2, 0) is 27.3 Å². The van der Waals surface area contributed by atoms with Gasteiger partial charge in [-0.3, -0.25) is 0 Å². The van der Waals surface area contributed by atoms with Crippen molar-refractivity contribution in [2.45, 2.75) is 51.4 Å². The second kappa shape index (κ2) is 13.0. The zero-order valence-corrected chi connectivity index (χ0v) is 25.0. The summed E-state index contributed by atoms with van der Waals surface area (Å²) in [6, 6.07) is 30.1. The Bertz CT molecular complexity index is 1510. The average Bonchev–Trinajstić information content (AvgIpc) is 3.32. The van der Waals surface area contributed by atoms with Crippen LogP contribution in [0.4, 0.5) is 4.79 Å². The zero-order chi connectivity index (χ0) is 30.4. The highest BCUT2D eigenvalue weighted by Gasteiger charge is 2.30. The Labute approximate surface area is 252 Å². The number of hydrogen-bond donors (Lipinski definition) is 1. The van der Waals surface area contributed by atoms with E-state index in [-0.39, 0.29) is 31.2 Å². The van der Waals surface area contributed by atoms with Crippen molar-refractivity contribution in [3.8, 4) is 22.6 Å². The highest BCUT2D eigenvalue weighted by molar-refractivity contribution is 5.82. The molecule has 1 amide bonds. The van der Waals surface area contributed by atoms with Gasteiger partial charge in [0.2, 0.25) is 0 Å². The van der Waals surface area contributed by atoms with Gasteiger partial charge in [0.15, 0.2) is 0 Å². The van der Waals surface area contributed by atoms with Gasteiger partial charge in [-0.05, 0) is 78.4 Å². The Morgan fingerprint density at radius 2 is 1.30 bits per heavy atom. The fraction of sp³-hybridized carbons (Fsp3) is 0.278. The first kappa shape index (κ1) is 29.7. The maximum absolute atomic E-state index is 13.3. The molecular formula is C36H37NO6. The molecule has 5 rings (SSSR count). The summed E-state index contributed by atoms with van der Waals surface area (Å²) in [5.41, 5.74) is 5.83. The van der Waals surface area contributed by atoms with Crippen molar-refractivity contribution >= 4 is 12.1 Å². The zero-order valence-electron chi connectivity index (χ0n) is 25.0. The number of hydrogen-bond acceptors (Lipinski definition) is 6. The molecule has 0 bridgehead atoms. The third kappa shape index (κ3) is 7.55. The second-order valence-electron chi connectivity index (χ2n) is 11.5. The molecule has 222 valence electrons. The average molecular weight is 580 g/mol. The van der Waals surface area contributed by atoms with E-state index in [0.717, 1.165) is 39.1 Å². The number of ether oxygens (including phenoxy) is 4. The lowest BCUT2D eigenvalue weighted by atomic mass is 9.98. The number of esters is 1. The lowest BCUT2D eigenvalue weighted by molar-refractivity contribution is -0.147. The van der Waals surface area contributed by atoms with Crippen molar-refractivity contribution < 1.29 is 28.5 Å². The minimum Gasteiger partial charge on any atom is -0.497 e. The van der Waals surface area contributed by atoms with Crippen LogP contribution < -0.4 is 14.8 Å². The Balaban J connectivity index is 1.27. The molecule has 0 aliphatic heterocycles. The van der Waals surface area contributed by atoms with Crippen molar-refractivity contribution in [1.29, 1.82) is 0 Å². The minimum absolute atomic E-state index is 0.0596. The van der Waals surface area contributed by atoms with Crippen molar-refractivity contribution in [3.05, 3.63) is 119 Å². The maximum atomic E-state index is 13.3.